The number of carbonyl (C=O) groups excluding carboxylic acids is 2. The van der Waals surface area contributed by atoms with Gasteiger partial charge in [-0.15, -0.1) is 0 Å². The molecule has 6 nitrogen and oxygen atoms in total. The number of amides is 1. The lowest BCUT2D eigenvalue weighted by atomic mass is 10.2. The lowest BCUT2D eigenvalue weighted by Crippen LogP contribution is -2.22. The van der Waals surface area contributed by atoms with Crippen molar-refractivity contribution < 1.29 is 19.1 Å². The van der Waals surface area contributed by atoms with Crippen LogP contribution in [0.2, 0.25) is 5.02 Å². The number of nitriles is 1. The van der Waals surface area contributed by atoms with Crippen LogP contribution < -0.4 is 5.32 Å². The van der Waals surface area contributed by atoms with Gasteiger partial charge in [0.15, 0.2) is 6.61 Å². The van der Waals surface area contributed by atoms with E-state index in [0.29, 0.717) is 17.9 Å². The molecule has 106 valence electrons. The first-order valence-corrected chi connectivity index (χ1v) is 6.17. The minimum atomic E-state index is -0.611. The van der Waals surface area contributed by atoms with Gasteiger partial charge in [0.05, 0.1) is 10.6 Å². The summed E-state index contributed by atoms with van der Waals surface area (Å²) < 4.78 is 9.52. The monoisotopic (exact) mass is 296 g/mol. The van der Waals surface area contributed by atoms with Gasteiger partial charge in [0.1, 0.15) is 12.7 Å². The molecule has 1 rings (SSSR count). The highest BCUT2D eigenvalue weighted by Crippen LogP contribution is 2.19. The van der Waals surface area contributed by atoms with Crippen LogP contribution in [0.15, 0.2) is 18.2 Å². The summed E-state index contributed by atoms with van der Waals surface area (Å²) in [5.74, 6) is -1.12. The summed E-state index contributed by atoms with van der Waals surface area (Å²) in [6, 6.07) is 6.37. The molecule has 7 heteroatoms. The van der Waals surface area contributed by atoms with Crippen LogP contribution in [0.3, 0.4) is 0 Å². The van der Waals surface area contributed by atoms with E-state index in [1.54, 1.807) is 6.92 Å². The van der Waals surface area contributed by atoms with Crippen LogP contribution in [0.1, 0.15) is 12.5 Å². The van der Waals surface area contributed by atoms with Gasteiger partial charge in [0, 0.05) is 12.3 Å². The third kappa shape index (κ3) is 5.26. The summed E-state index contributed by atoms with van der Waals surface area (Å²) in [5, 5.41) is 11.4. The first kappa shape index (κ1) is 16.0. The molecule has 20 heavy (non-hydrogen) atoms. The fraction of sp³-hybridized carbons (Fsp3) is 0.308. The van der Waals surface area contributed by atoms with Gasteiger partial charge < -0.3 is 14.8 Å². The smallest absolute Gasteiger partial charge is 0.332 e. The van der Waals surface area contributed by atoms with Crippen molar-refractivity contribution in [1.29, 1.82) is 5.26 Å². The molecule has 0 aliphatic carbocycles. The second-order valence-electron chi connectivity index (χ2n) is 3.65. The van der Waals surface area contributed by atoms with Crippen LogP contribution in [0.4, 0.5) is 5.69 Å². The van der Waals surface area contributed by atoms with Gasteiger partial charge >= 0.3 is 5.97 Å². The largest absolute Gasteiger partial charge is 0.454 e. The first-order valence-electron chi connectivity index (χ1n) is 5.79. The van der Waals surface area contributed by atoms with Gasteiger partial charge in [-0.05, 0) is 25.1 Å². The van der Waals surface area contributed by atoms with Crippen molar-refractivity contribution in [2.75, 3.05) is 25.1 Å². The molecule has 1 aromatic carbocycles. The molecule has 1 aromatic rings. The lowest BCUT2D eigenvalue weighted by molar-refractivity contribution is -0.151. The molecule has 0 atom stereocenters. The average molecular weight is 297 g/mol. The maximum Gasteiger partial charge on any atom is 0.332 e. The maximum atomic E-state index is 11.5. The molecule has 0 unspecified atom stereocenters. The van der Waals surface area contributed by atoms with E-state index in [-0.39, 0.29) is 11.6 Å². The Labute approximate surface area is 121 Å². The molecular formula is C13H13ClN2O4. The molecule has 0 saturated carbocycles. The Balaban J connectivity index is 2.45. The normalized spacial score (nSPS) is 9.65. The third-order valence-electron chi connectivity index (χ3n) is 2.16. The summed E-state index contributed by atoms with van der Waals surface area (Å²) in [5.41, 5.74) is 0.729. The lowest BCUT2D eigenvalue weighted by Gasteiger charge is -2.07. The van der Waals surface area contributed by atoms with Crippen molar-refractivity contribution in [2.45, 2.75) is 6.92 Å². The van der Waals surface area contributed by atoms with Crippen molar-refractivity contribution in [3.63, 3.8) is 0 Å². The molecule has 0 bridgehead atoms. The van der Waals surface area contributed by atoms with Crippen LogP contribution in [-0.2, 0) is 19.1 Å². The van der Waals surface area contributed by atoms with Crippen molar-refractivity contribution in [3.05, 3.63) is 28.8 Å². The molecule has 0 fully saturated rings. The zero-order valence-electron chi connectivity index (χ0n) is 10.8. The Hall–Kier alpha value is -2.10. The van der Waals surface area contributed by atoms with E-state index in [1.807, 2.05) is 6.07 Å². The minimum Gasteiger partial charge on any atom is -0.454 e. The van der Waals surface area contributed by atoms with Crippen LogP contribution in [0.25, 0.3) is 0 Å². The summed E-state index contributed by atoms with van der Waals surface area (Å²) in [4.78, 5) is 22.6. The molecule has 0 spiro atoms. The van der Waals surface area contributed by atoms with E-state index in [2.05, 4.69) is 5.32 Å². The van der Waals surface area contributed by atoms with E-state index in [0.717, 1.165) is 0 Å². The van der Waals surface area contributed by atoms with Crippen LogP contribution in [0.5, 0.6) is 0 Å². The fourth-order valence-electron chi connectivity index (χ4n) is 1.25. The van der Waals surface area contributed by atoms with Gasteiger partial charge in [-0.3, -0.25) is 4.79 Å². The molecule has 0 aromatic heterocycles. The quantitative estimate of drug-likeness (QED) is 0.808. The van der Waals surface area contributed by atoms with Crippen molar-refractivity contribution in [1.82, 2.24) is 0 Å². The van der Waals surface area contributed by atoms with E-state index in [1.165, 1.54) is 18.2 Å². The number of carbonyl (C=O) groups is 2. The summed E-state index contributed by atoms with van der Waals surface area (Å²) in [6.07, 6.45) is 0. The second kappa shape index (κ2) is 8.15. The van der Waals surface area contributed by atoms with E-state index >= 15 is 0 Å². The van der Waals surface area contributed by atoms with Crippen LogP contribution >= 0.6 is 11.6 Å². The zero-order chi connectivity index (χ0) is 15.0. The molecular weight excluding hydrogens is 284 g/mol. The molecule has 0 aliphatic heterocycles. The van der Waals surface area contributed by atoms with Crippen LogP contribution in [0, 0.1) is 11.3 Å². The van der Waals surface area contributed by atoms with Gasteiger partial charge in [-0.1, -0.05) is 11.6 Å². The van der Waals surface area contributed by atoms with Crippen molar-refractivity contribution in [2.24, 2.45) is 0 Å². The Kier molecular flexibility index (Phi) is 6.50. The van der Waals surface area contributed by atoms with E-state index < -0.39 is 18.5 Å². The number of benzene rings is 1. The summed E-state index contributed by atoms with van der Waals surface area (Å²) in [7, 11) is 0. The van der Waals surface area contributed by atoms with E-state index in [9.17, 15) is 9.59 Å². The number of hydrogen-bond donors (Lipinski definition) is 1. The Morgan fingerprint density at radius 1 is 1.40 bits per heavy atom. The standard InChI is InChI=1S/C13H13ClN2O4/c1-2-19-8-13(18)20-7-12(17)16-10-4-3-9(6-15)11(14)5-10/h3-5H,2,7-8H2,1H3,(H,16,17). The Morgan fingerprint density at radius 2 is 2.15 bits per heavy atom. The molecule has 0 saturated heterocycles. The van der Waals surface area contributed by atoms with Gasteiger partial charge in [-0.2, -0.15) is 5.26 Å². The number of esters is 1. The minimum absolute atomic E-state index is 0.188. The highest BCUT2D eigenvalue weighted by atomic mass is 35.5. The maximum absolute atomic E-state index is 11.5. The second-order valence-corrected chi connectivity index (χ2v) is 4.06. The molecule has 1 amide bonds. The number of nitrogens with zero attached hydrogens (tertiary/aromatic N) is 1. The van der Waals surface area contributed by atoms with Gasteiger partial charge in [-0.25, -0.2) is 4.79 Å². The van der Waals surface area contributed by atoms with Crippen LogP contribution in [-0.4, -0.2) is 31.7 Å². The third-order valence-corrected chi connectivity index (χ3v) is 2.47. The topological polar surface area (TPSA) is 88.4 Å². The fourth-order valence-corrected chi connectivity index (χ4v) is 1.48. The summed E-state index contributed by atoms with van der Waals surface area (Å²) >= 11 is 5.82. The predicted octanol–water partition coefficient (Wildman–Crippen LogP) is 1.73. The molecule has 0 heterocycles. The molecule has 0 aliphatic rings. The van der Waals surface area contributed by atoms with Gasteiger partial charge in [0.25, 0.3) is 5.91 Å². The number of ether oxygens (including phenoxy) is 2. The van der Waals surface area contributed by atoms with Crippen molar-refractivity contribution in [3.8, 4) is 6.07 Å². The SMILES string of the molecule is CCOCC(=O)OCC(=O)Nc1ccc(C#N)c(Cl)c1. The molecule has 0 radical (unpaired) electrons. The first-order chi connectivity index (χ1) is 9.56. The number of anilines is 1. The van der Waals surface area contributed by atoms with E-state index in [4.69, 9.17) is 26.3 Å². The number of hydrogen-bond acceptors (Lipinski definition) is 5. The van der Waals surface area contributed by atoms with Crippen molar-refractivity contribution >= 4 is 29.2 Å². The zero-order valence-corrected chi connectivity index (χ0v) is 11.6. The number of halogens is 1. The number of nitrogens with one attached hydrogen (secondary N) is 1. The number of rotatable bonds is 6. The highest BCUT2D eigenvalue weighted by Gasteiger charge is 2.09. The van der Waals surface area contributed by atoms with Gasteiger partial charge in [0.2, 0.25) is 0 Å². The summed E-state index contributed by atoms with van der Waals surface area (Å²) in [6.45, 7) is 1.54. The average Bonchev–Trinajstić information content (AvgIpc) is 2.43. The predicted molar refractivity (Wildman–Crippen MR) is 72.2 cm³/mol. The highest BCUT2D eigenvalue weighted by molar-refractivity contribution is 6.32. The molecule has 1 N–H and O–H groups in total. The Bertz CT molecular complexity index is 540. The Morgan fingerprint density at radius 3 is 2.75 bits per heavy atom.